The van der Waals surface area contributed by atoms with Crippen molar-refractivity contribution < 1.29 is 17.5 Å². The van der Waals surface area contributed by atoms with Crippen LogP contribution in [0.3, 0.4) is 0 Å². The molecule has 108 valence electrons. The Morgan fingerprint density at radius 2 is 1.79 bits per heavy atom. The van der Waals surface area contributed by atoms with Crippen molar-refractivity contribution in [2.75, 3.05) is 13.2 Å². The predicted octanol–water partition coefficient (Wildman–Crippen LogP) is 2.15. The number of nitrogens with one attached hydrogen (secondary N) is 1. The first kappa shape index (κ1) is 16.1. The minimum atomic E-state index is -3.63. The van der Waals surface area contributed by atoms with Gasteiger partial charge in [-0.25, -0.2) is 17.5 Å². The number of rotatable bonds is 6. The van der Waals surface area contributed by atoms with Crippen LogP contribution >= 0.6 is 0 Å². The third-order valence-electron chi connectivity index (χ3n) is 2.54. The number of aryl methyl sites for hydroxylation is 2. The third-order valence-corrected chi connectivity index (χ3v) is 4.30. The SMILES string of the molecule is Cc1cc(F)cc(C)c1S(=O)(=O)NCCOC(C)C. The van der Waals surface area contributed by atoms with Gasteiger partial charge in [0, 0.05) is 6.54 Å². The molecule has 0 saturated carbocycles. The minimum Gasteiger partial charge on any atom is -0.377 e. The fourth-order valence-corrected chi connectivity index (χ4v) is 3.33. The summed E-state index contributed by atoms with van der Waals surface area (Å²) in [5, 5.41) is 0. The molecule has 19 heavy (non-hydrogen) atoms. The van der Waals surface area contributed by atoms with Crippen molar-refractivity contribution in [3.05, 3.63) is 29.1 Å². The Morgan fingerprint density at radius 3 is 2.26 bits per heavy atom. The third kappa shape index (κ3) is 4.56. The van der Waals surface area contributed by atoms with Crippen molar-refractivity contribution in [1.82, 2.24) is 4.72 Å². The minimum absolute atomic E-state index is 0.0544. The predicted molar refractivity (Wildman–Crippen MR) is 72.2 cm³/mol. The summed E-state index contributed by atoms with van der Waals surface area (Å²) in [6.07, 6.45) is 0.0544. The molecule has 0 aliphatic rings. The van der Waals surface area contributed by atoms with E-state index in [0.717, 1.165) is 0 Å². The first-order valence-corrected chi connectivity index (χ1v) is 7.60. The highest BCUT2D eigenvalue weighted by atomic mass is 32.2. The maximum atomic E-state index is 13.2. The maximum absolute atomic E-state index is 13.2. The van der Waals surface area contributed by atoms with E-state index in [-0.39, 0.29) is 17.5 Å². The first-order valence-electron chi connectivity index (χ1n) is 6.12. The van der Waals surface area contributed by atoms with Crippen molar-refractivity contribution in [3.63, 3.8) is 0 Å². The molecule has 0 spiro atoms. The molecule has 4 nitrogen and oxygen atoms in total. The highest BCUT2D eigenvalue weighted by Gasteiger charge is 2.19. The summed E-state index contributed by atoms with van der Waals surface area (Å²) in [7, 11) is -3.63. The van der Waals surface area contributed by atoms with Crippen LogP contribution in [0.2, 0.25) is 0 Å². The molecule has 1 aromatic rings. The highest BCUT2D eigenvalue weighted by molar-refractivity contribution is 7.89. The Balaban J connectivity index is 2.84. The monoisotopic (exact) mass is 289 g/mol. The second-order valence-corrected chi connectivity index (χ2v) is 6.39. The van der Waals surface area contributed by atoms with E-state index in [4.69, 9.17) is 4.74 Å². The zero-order chi connectivity index (χ0) is 14.6. The fourth-order valence-electron chi connectivity index (χ4n) is 1.86. The van der Waals surface area contributed by atoms with Crippen LogP contribution in [0, 0.1) is 19.7 Å². The molecule has 0 radical (unpaired) electrons. The van der Waals surface area contributed by atoms with Crippen LogP contribution in [-0.2, 0) is 14.8 Å². The molecule has 0 bridgehead atoms. The summed E-state index contributed by atoms with van der Waals surface area (Å²) in [5.74, 6) is -0.433. The molecule has 0 aliphatic carbocycles. The summed E-state index contributed by atoms with van der Waals surface area (Å²) in [6.45, 7) is 7.41. The van der Waals surface area contributed by atoms with Crippen LogP contribution in [0.25, 0.3) is 0 Å². The molecule has 0 saturated heterocycles. The van der Waals surface area contributed by atoms with Gasteiger partial charge in [0.15, 0.2) is 0 Å². The number of benzene rings is 1. The lowest BCUT2D eigenvalue weighted by Crippen LogP contribution is -2.29. The van der Waals surface area contributed by atoms with Gasteiger partial charge in [0.2, 0.25) is 10.0 Å². The average molecular weight is 289 g/mol. The molecule has 0 aliphatic heterocycles. The van der Waals surface area contributed by atoms with Crippen LogP contribution in [0.15, 0.2) is 17.0 Å². The zero-order valence-corrected chi connectivity index (χ0v) is 12.5. The molecule has 1 aromatic carbocycles. The molecule has 0 fully saturated rings. The molecule has 6 heteroatoms. The lowest BCUT2D eigenvalue weighted by atomic mass is 10.1. The summed E-state index contributed by atoms with van der Waals surface area (Å²) < 4.78 is 45.2. The van der Waals surface area contributed by atoms with Crippen LogP contribution in [0.4, 0.5) is 4.39 Å². The molecule has 0 aromatic heterocycles. The van der Waals surface area contributed by atoms with E-state index in [1.54, 1.807) is 13.8 Å². The number of halogens is 1. The standard InChI is InChI=1S/C13H20FNO3S/c1-9(2)18-6-5-15-19(16,17)13-10(3)7-12(14)8-11(13)4/h7-9,15H,5-6H2,1-4H3. The Hall–Kier alpha value is -0.980. The summed E-state index contributed by atoms with van der Waals surface area (Å²) in [5.41, 5.74) is 0.796. The summed E-state index contributed by atoms with van der Waals surface area (Å²) in [6, 6.07) is 2.43. The van der Waals surface area contributed by atoms with Gasteiger partial charge in [0.1, 0.15) is 5.82 Å². The Morgan fingerprint density at radius 1 is 1.26 bits per heavy atom. The number of hydrogen-bond acceptors (Lipinski definition) is 3. The normalized spacial score (nSPS) is 12.1. The first-order chi connectivity index (χ1) is 8.74. The average Bonchev–Trinajstić information content (AvgIpc) is 2.22. The summed E-state index contributed by atoms with van der Waals surface area (Å²) >= 11 is 0. The maximum Gasteiger partial charge on any atom is 0.241 e. The molecule has 0 unspecified atom stereocenters. The smallest absolute Gasteiger partial charge is 0.241 e. The van der Waals surface area contributed by atoms with Crippen molar-refractivity contribution in [3.8, 4) is 0 Å². The topological polar surface area (TPSA) is 55.4 Å². The van der Waals surface area contributed by atoms with Crippen LogP contribution in [-0.4, -0.2) is 27.7 Å². The second-order valence-electron chi connectivity index (χ2n) is 4.69. The fraction of sp³-hybridized carbons (Fsp3) is 0.538. The van der Waals surface area contributed by atoms with E-state index in [0.29, 0.717) is 17.7 Å². The van der Waals surface area contributed by atoms with Gasteiger partial charge in [-0.05, 0) is 51.0 Å². The lowest BCUT2D eigenvalue weighted by molar-refractivity contribution is 0.0834. The van der Waals surface area contributed by atoms with Crippen molar-refractivity contribution in [2.24, 2.45) is 0 Å². The molecule has 0 heterocycles. The van der Waals surface area contributed by atoms with Gasteiger partial charge in [-0.1, -0.05) is 0 Å². The van der Waals surface area contributed by atoms with Gasteiger partial charge in [0.05, 0.1) is 17.6 Å². The van der Waals surface area contributed by atoms with Gasteiger partial charge in [-0.3, -0.25) is 0 Å². The molecular weight excluding hydrogens is 269 g/mol. The van der Waals surface area contributed by atoms with Crippen molar-refractivity contribution >= 4 is 10.0 Å². The van der Waals surface area contributed by atoms with Crippen LogP contribution in [0.1, 0.15) is 25.0 Å². The largest absolute Gasteiger partial charge is 0.377 e. The van der Waals surface area contributed by atoms with Gasteiger partial charge < -0.3 is 4.74 Å². The van der Waals surface area contributed by atoms with Gasteiger partial charge in [-0.15, -0.1) is 0 Å². The number of ether oxygens (including phenoxy) is 1. The van der Waals surface area contributed by atoms with Crippen molar-refractivity contribution in [1.29, 1.82) is 0 Å². The van der Waals surface area contributed by atoms with Gasteiger partial charge in [-0.2, -0.15) is 0 Å². The molecular formula is C13H20FNO3S. The van der Waals surface area contributed by atoms with E-state index in [1.807, 2.05) is 13.8 Å². The van der Waals surface area contributed by atoms with Crippen LogP contribution < -0.4 is 4.72 Å². The van der Waals surface area contributed by atoms with E-state index in [2.05, 4.69) is 4.72 Å². The Bertz CT molecular complexity index is 518. The van der Waals surface area contributed by atoms with Crippen molar-refractivity contribution in [2.45, 2.75) is 38.7 Å². The molecule has 0 amide bonds. The van der Waals surface area contributed by atoms with E-state index in [9.17, 15) is 12.8 Å². The Kier molecular flexibility index (Phi) is 5.46. The number of sulfonamides is 1. The molecule has 1 rings (SSSR count). The molecule has 1 N–H and O–H groups in total. The quantitative estimate of drug-likeness (QED) is 0.816. The summed E-state index contributed by atoms with van der Waals surface area (Å²) in [4.78, 5) is 0.137. The second kappa shape index (κ2) is 6.45. The zero-order valence-electron chi connectivity index (χ0n) is 11.7. The highest BCUT2D eigenvalue weighted by Crippen LogP contribution is 2.20. The van der Waals surface area contributed by atoms with E-state index in [1.165, 1.54) is 12.1 Å². The van der Waals surface area contributed by atoms with E-state index >= 15 is 0 Å². The van der Waals surface area contributed by atoms with Gasteiger partial charge >= 0.3 is 0 Å². The molecule has 0 atom stereocenters. The Labute approximate surface area is 114 Å². The van der Waals surface area contributed by atoms with Crippen LogP contribution in [0.5, 0.6) is 0 Å². The number of hydrogen-bond donors (Lipinski definition) is 1. The van der Waals surface area contributed by atoms with Gasteiger partial charge in [0.25, 0.3) is 0 Å². The lowest BCUT2D eigenvalue weighted by Gasteiger charge is -2.13. The van der Waals surface area contributed by atoms with E-state index < -0.39 is 15.8 Å².